The lowest BCUT2D eigenvalue weighted by Crippen LogP contribution is -2.45. The van der Waals surface area contributed by atoms with E-state index >= 15 is 0 Å². The second-order valence-electron chi connectivity index (χ2n) is 7.94. The average Bonchev–Trinajstić information content (AvgIpc) is 3.02. The number of amides is 3. The van der Waals surface area contributed by atoms with E-state index in [1.54, 1.807) is 6.92 Å². The van der Waals surface area contributed by atoms with E-state index in [4.69, 9.17) is 4.84 Å². The summed E-state index contributed by atoms with van der Waals surface area (Å²) in [6, 6.07) is 1.05. The number of fused-ring (bicyclic) bond motifs is 3. The summed E-state index contributed by atoms with van der Waals surface area (Å²) in [6.45, 7) is 0.848. The molecule has 0 spiro atoms. The molecular formula is C20H20F5N5O3. The molecular weight excluding hydrogens is 453 g/mol. The van der Waals surface area contributed by atoms with Gasteiger partial charge in [-0.3, -0.25) is 14.3 Å². The first-order valence-corrected chi connectivity index (χ1v) is 10.0. The van der Waals surface area contributed by atoms with Crippen molar-refractivity contribution in [2.45, 2.75) is 44.8 Å². The van der Waals surface area contributed by atoms with Gasteiger partial charge in [-0.25, -0.2) is 18.6 Å². The molecule has 2 aliphatic rings. The molecule has 1 N–H and O–H groups in total. The van der Waals surface area contributed by atoms with Crippen molar-refractivity contribution in [2.75, 3.05) is 19.0 Å². The Labute approximate surface area is 184 Å². The lowest BCUT2D eigenvalue weighted by atomic mass is 9.99. The molecule has 0 unspecified atom stereocenters. The van der Waals surface area contributed by atoms with Crippen molar-refractivity contribution in [1.82, 2.24) is 19.7 Å². The summed E-state index contributed by atoms with van der Waals surface area (Å²) < 4.78 is 67.1. The van der Waals surface area contributed by atoms with E-state index in [2.05, 4.69) is 10.4 Å². The van der Waals surface area contributed by atoms with Gasteiger partial charge in [0.25, 0.3) is 5.91 Å². The van der Waals surface area contributed by atoms with Crippen LogP contribution in [-0.2, 0) is 30.5 Å². The minimum Gasteiger partial charge on any atom is -0.317 e. The van der Waals surface area contributed by atoms with E-state index < -0.39 is 48.3 Å². The smallest absolute Gasteiger partial charge is 0.317 e. The van der Waals surface area contributed by atoms with E-state index in [0.717, 1.165) is 11.1 Å². The number of benzene rings is 1. The lowest BCUT2D eigenvalue weighted by Gasteiger charge is -2.33. The zero-order chi connectivity index (χ0) is 24.1. The van der Waals surface area contributed by atoms with Crippen LogP contribution in [0.4, 0.5) is 32.4 Å². The Morgan fingerprint density at radius 3 is 2.73 bits per heavy atom. The highest BCUT2D eigenvalue weighted by Crippen LogP contribution is 2.34. The van der Waals surface area contributed by atoms with Gasteiger partial charge in [-0.2, -0.15) is 18.3 Å². The Bertz CT molecular complexity index is 1100. The molecule has 1 aromatic carbocycles. The molecule has 0 bridgehead atoms. The number of nitrogens with zero attached hydrogens (tertiary/aromatic N) is 4. The highest BCUT2D eigenvalue weighted by molar-refractivity contribution is 5.94. The first kappa shape index (κ1) is 23.0. The Hall–Kier alpha value is -3.22. The number of alkyl halides is 4. The van der Waals surface area contributed by atoms with Crippen LogP contribution in [-0.4, -0.2) is 57.5 Å². The predicted octanol–water partition coefficient (Wildman–Crippen LogP) is 3.38. The van der Waals surface area contributed by atoms with Gasteiger partial charge in [0.2, 0.25) is 0 Å². The lowest BCUT2D eigenvalue weighted by molar-refractivity contribution is -0.152. The molecule has 0 radical (unpaired) electrons. The van der Waals surface area contributed by atoms with Crippen LogP contribution in [0.2, 0.25) is 0 Å². The number of halogens is 5. The quantitative estimate of drug-likeness (QED) is 0.679. The third kappa shape index (κ3) is 4.24. The fraction of sp³-hybridized carbons (Fsp3) is 0.450. The average molecular weight is 473 g/mol. The monoisotopic (exact) mass is 473 g/mol. The zero-order valence-electron chi connectivity index (χ0n) is 17.6. The van der Waals surface area contributed by atoms with E-state index in [9.17, 15) is 31.5 Å². The fourth-order valence-corrected chi connectivity index (χ4v) is 3.98. The minimum atomic E-state index is -4.92. The van der Waals surface area contributed by atoms with Crippen LogP contribution >= 0.6 is 0 Å². The normalized spacial score (nSPS) is 20.9. The number of nitrogens with one attached hydrogen (secondary N) is 1. The van der Waals surface area contributed by atoms with Crippen LogP contribution in [0, 0.1) is 5.82 Å². The number of aromatic nitrogens is 2. The summed E-state index contributed by atoms with van der Waals surface area (Å²) in [5.74, 6) is -2.00. The first-order chi connectivity index (χ1) is 15.5. The van der Waals surface area contributed by atoms with Crippen LogP contribution in [0.15, 0.2) is 18.2 Å². The Balaban J connectivity index is 1.60. The van der Waals surface area contributed by atoms with E-state index in [0.29, 0.717) is 23.4 Å². The summed E-state index contributed by atoms with van der Waals surface area (Å²) in [7, 11) is 1.35. The number of hydrogen-bond acceptors (Lipinski definition) is 4. The van der Waals surface area contributed by atoms with Gasteiger partial charge in [0.15, 0.2) is 0 Å². The molecule has 1 aromatic heterocycles. The standard InChI is InChI=1S/C20H20F5N5O3/c1-10-5-16-13(17-18(31)28(2)33-12(7-21)8-30(17)27-16)9-29(10)19(32)26-11-3-4-15(22)14(6-11)20(23,24)25/h3-4,6,10,12H,5,7-9H2,1-2H3,(H,26,32)/t10-,12+/m1/s1. The largest absolute Gasteiger partial charge is 0.419 e. The van der Waals surface area contributed by atoms with Gasteiger partial charge in [-0.15, -0.1) is 0 Å². The maximum atomic E-state index is 13.5. The van der Waals surface area contributed by atoms with Crippen molar-refractivity contribution in [2.24, 2.45) is 0 Å². The number of rotatable bonds is 2. The molecule has 0 saturated carbocycles. The summed E-state index contributed by atoms with van der Waals surface area (Å²) >= 11 is 0. The van der Waals surface area contributed by atoms with Gasteiger partial charge in [0.1, 0.15) is 24.3 Å². The van der Waals surface area contributed by atoms with Crippen LogP contribution in [0.1, 0.15) is 34.2 Å². The van der Waals surface area contributed by atoms with Crippen LogP contribution < -0.4 is 5.32 Å². The molecule has 2 aliphatic heterocycles. The van der Waals surface area contributed by atoms with Crippen molar-refractivity contribution in [3.8, 4) is 0 Å². The number of hydrogen-bond donors (Lipinski definition) is 1. The molecule has 8 nitrogen and oxygen atoms in total. The maximum absolute atomic E-state index is 13.5. The summed E-state index contributed by atoms with van der Waals surface area (Å²) in [5, 5.41) is 7.69. The van der Waals surface area contributed by atoms with Crippen molar-refractivity contribution in [1.29, 1.82) is 0 Å². The number of hydroxylamine groups is 2. The molecule has 33 heavy (non-hydrogen) atoms. The van der Waals surface area contributed by atoms with Gasteiger partial charge >= 0.3 is 12.2 Å². The van der Waals surface area contributed by atoms with Gasteiger partial charge in [-0.1, -0.05) is 0 Å². The second-order valence-corrected chi connectivity index (χ2v) is 7.94. The predicted molar refractivity (Wildman–Crippen MR) is 104 cm³/mol. The molecule has 2 atom stereocenters. The summed E-state index contributed by atoms with van der Waals surface area (Å²) in [5.41, 5.74) is -0.528. The molecule has 178 valence electrons. The Morgan fingerprint density at radius 1 is 1.33 bits per heavy atom. The van der Waals surface area contributed by atoms with Crippen LogP contribution in [0.3, 0.4) is 0 Å². The molecule has 4 rings (SSSR count). The molecule has 0 aliphatic carbocycles. The number of urea groups is 1. The van der Waals surface area contributed by atoms with Crippen molar-refractivity contribution in [3.63, 3.8) is 0 Å². The fourth-order valence-electron chi connectivity index (χ4n) is 3.98. The molecule has 13 heteroatoms. The maximum Gasteiger partial charge on any atom is 0.419 e. The Morgan fingerprint density at radius 2 is 2.06 bits per heavy atom. The zero-order valence-corrected chi connectivity index (χ0v) is 17.6. The third-order valence-corrected chi connectivity index (χ3v) is 5.61. The first-order valence-electron chi connectivity index (χ1n) is 10.0. The van der Waals surface area contributed by atoms with Crippen molar-refractivity contribution < 1.29 is 36.4 Å². The van der Waals surface area contributed by atoms with Crippen molar-refractivity contribution >= 4 is 17.6 Å². The van der Waals surface area contributed by atoms with Gasteiger partial charge in [0, 0.05) is 30.8 Å². The highest BCUT2D eigenvalue weighted by Gasteiger charge is 2.38. The van der Waals surface area contributed by atoms with Crippen molar-refractivity contribution in [3.05, 3.63) is 46.5 Å². The van der Waals surface area contributed by atoms with Crippen LogP contribution in [0.5, 0.6) is 0 Å². The van der Waals surface area contributed by atoms with Gasteiger partial charge in [0.05, 0.1) is 24.3 Å². The van der Waals surface area contributed by atoms with Gasteiger partial charge < -0.3 is 10.2 Å². The summed E-state index contributed by atoms with van der Waals surface area (Å²) in [6.07, 6.45) is -5.54. The molecule has 3 heterocycles. The second kappa shape index (κ2) is 8.28. The highest BCUT2D eigenvalue weighted by atomic mass is 19.4. The van der Waals surface area contributed by atoms with E-state index in [-0.39, 0.29) is 30.9 Å². The molecule has 0 fully saturated rings. The minimum absolute atomic E-state index is 0.00525. The number of anilines is 1. The molecule has 3 amide bonds. The number of carbonyl (C=O) groups excluding carboxylic acids is 2. The topological polar surface area (TPSA) is 79.7 Å². The molecule has 2 aromatic rings. The third-order valence-electron chi connectivity index (χ3n) is 5.61. The van der Waals surface area contributed by atoms with Crippen LogP contribution in [0.25, 0.3) is 0 Å². The van der Waals surface area contributed by atoms with E-state index in [1.165, 1.54) is 16.6 Å². The number of carbonyl (C=O) groups is 2. The summed E-state index contributed by atoms with van der Waals surface area (Å²) in [4.78, 5) is 32.3. The Kier molecular flexibility index (Phi) is 5.76. The van der Waals surface area contributed by atoms with E-state index in [1.807, 2.05) is 0 Å². The SMILES string of the molecule is C[C@@H]1Cc2nn3c(c2CN1C(=O)Nc1ccc(F)c(C(F)(F)F)c1)C(=O)N(C)O[C@@H](CF)C3. The van der Waals surface area contributed by atoms with Gasteiger partial charge in [-0.05, 0) is 25.1 Å². The molecule has 0 saturated heterocycles.